The molecule has 0 aliphatic heterocycles. The van der Waals surface area contributed by atoms with Crippen molar-refractivity contribution in [3.63, 3.8) is 0 Å². The van der Waals surface area contributed by atoms with Crippen molar-refractivity contribution in [3.05, 3.63) is 35.4 Å². The van der Waals surface area contributed by atoms with Gasteiger partial charge in [0.25, 0.3) is 0 Å². The molecule has 0 saturated heterocycles. The quantitative estimate of drug-likeness (QED) is 0.417. The van der Waals surface area contributed by atoms with Gasteiger partial charge in [0.1, 0.15) is 0 Å². The average molecular weight is 361 g/mol. The van der Waals surface area contributed by atoms with Crippen molar-refractivity contribution < 1.29 is 22.6 Å². The summed E-state index contributed by atoms with van der Waals surface area (Å²) in [5.41, 5.74) is 0.130. The van der Waals surface area contributed by atoms with Crippen molar-refractivity contribution in [1.82, 2.24) is 10.2 Å². The summed E-state index contributed by atoms with van der Waals surface area (Å²) in [6.45, 7) is 5.13. The molecule has 0 aromatic heterocycles. The predicted octanol–water partition coefficient (Wildman–Crippen LogP) is 2.77. The minimum absolute atomic E-state index is 0.453. The number of alkyl halides is 3. The molecule has 0 radical (unpaired) electrons. The molecule has 5 nitrogen and oxygen atoms in total. The van der Waals surface area contributed by atoms with E-state index in [1.54, 1.807) is 7.11 Å². The smallest absolute Gasteiger partial charge is 0.382 e. The Morgan fingerprint density at radius 1 is 1.16 bits per heavy atom. The normalized spacial score (nSPS) is 12.3. The lowest BCUT2D eigenvalue weighted by Crippen LogP contribution is -2.38. The van der Waals surface area contributed by atoms with Crippen molar-refractivity contribution in [2.75, 3.05) is 47.1 Å². The van der Waals surface area contributed by atoms with E-state index in [2.05, 4.69) is 10.3 Å². The number of benzene rings is 1. The minimum Gasteiger partial charge on any atom is -0.382 e. The summed E-state index contributed by atoms with van der Waals surface area (Å²) in [6.07, 6.45) is -4.32. The fourth-order valence-corrected chi connectivity index (χ4v) is 2.08. The molecule has 0 heterocycles. The van der Waals surface area contributed by atoms with Gasteiger partial charge < -0.3 is 19.7 Å². The van der Waals surface area contributed by atoms with Gasteiger partial charge in [-0.25, -0.2) is 0 Å². The second kappa shape index (κ2) is 10.9. The molecule has 142 valence electrons. The number of aliphatic imine (C=N–C) groups is 1. The van der Waals surface area contributed by atoms with E-state index in [0.717, 1.165) is 17.7 Å². The van der Waals surface area contributed by atoms with E-state index < -0.39 is 11.7 Å². The summed E-state index contributed by atoms with van der Waals surface area (Å²) in [5.74, 6) is 0.678. The van der Waals surface area contributed by atoms with Gasteiger partial charge in [-0.3, -0.25) is 4.99 Å². The molecular weight excluding hydrogens is 335 g/mol. The molecule has 1 N–H and O–H groups in total. The number of nitrogens with one attached hydrogen (secondary N) is 1. The first-order valence-electron chi connectivity index (χ1n) is 8.10. The molecule has 1 rings (SSSR count). The zero-order chi connectivity index (χ0) is 18.7. The van der Waals surface area contributed by atoms with E-state index in [1.165, 1.54) is 12.1 Å². The Kier molecular flexibility index (Phi) is 9.30. The van der Waals surface area contributed by atoms with Crippen molar-refractivity contribution >= 4 is 5.96 Å². The number of nitrogens with zero attached hydrogens (tertiary/aromatic N) is 2. The van der Waals surface area contributed by atoms with Crippen LogP contribution in [-0.2, 0) is 22.2 Å². The van der Waals surface area contributed by atoms with Gasteiger partial charge >= 0.3 is 6.18 Å². The predicted molar refractivity (Wildman–Crippen MR) is 91.6 cm³/mol. The van der Waals surface area contributed by atoms with Crippen LogP contribution in [0.15, 0.2) is 29.3 Å². The number of ether oxygens (including phenoxy) is 2. The fraction of sp³-hybridized carbons (Fsp3) is 0.588. The van der Waals surface area contributed by atoms with Crippen molar-refractivity contribution in [1.29, 1.82) is 0 Å². The average Bonchev–Trinajstić information content (AvgIpc) is 2.56. The van der Waals surface area contributed by atoms with Crippen LogP contribution < -0.4 is 5.32 Å². The first kappa shape index (κ1) is 21.2. The van der Waals surface area contributed by atoms with Crippen LogP contribution in [0.25, 0.3) is 0 Å². The highest BCUT2D eigenvalue weighted by atomic mass is 19.4. The van der Waals surface area contributed by atoms with Crippen LogP contribution in [0.2, 0.25) is 0 Å². The Bertz CT molecular complexity index is 519. The lowest BCUT2D eigenvalue weighted by atomic mass is 10.1. The maximum absolute atomic E-state index is 12.6. The Balaban J connectivity index is 2.58. The van der Waals surface area contributed by atoms with E-state index in [1.807, 2.05) is 18.9 Å². The molecule has 1 aromatic rings. The van der Waals surface area contributed by atoms with Gasteiger partial charge in [0, 0.05) is 27.2 Å². The molecule has 0 amide bonds. The van der Waals surface area contributed by atoms with E-state index in [4.69, 9.17) is 9.47 Å². The Hall–Kier alpha value is -1.80. The summed E-state index contributed by atoms with van der Waals surface area (Å²) < 4.78 is 48.1. The molecule has 0 saturated carbocycles. The zero-order valence-corrected chi connectivity index (χ0v) is 14.9. The van der Waals surface area contributed by atoms with Crippen LogP contribution in [0.5, 0.6) is 0 Å². The Labute approximate surface area is 146 Å². The lowest BCUT2D eigenvalue weighted by Gasteiger charge is -2.22. The highest BCUT2D eigenvalue weighted by Gasteiger charge is 2.29. The van der Waals surface area contributed by atoms with Gasteiger partial charge in [-0.2, -0.15) is 13.2 Å². The molecule has 0 aliphatic rings. The van der Waals surface area contributed by atoms with E-state index in [0.29, 0.717) is 45.4 Å². The number of halogens is 3. The van der Waals surface area contributed by atoms with Crippen LogP contribution in [-0.4, -0.2) is 57.9 Å². The van der Waals surface area contributed by atoms with Crippen molar-refractivity contribution in [2.45, 2.75) is 19.6 Å². The van der Waals surface area contributed by atoms with E-state index in [9.17, 15) is 13.2 Å². The molecular formula is C17H26F3N3O2. The summed E-state index contributed by atoms with van der Waals surface area (Å²) in [4.78, 5) is 6.31. The summed E-state index contributed by atoms with van der Waals surface area (Å²) in [6, 6.07) is 5.15. The summed E-state index contributed by atoms with van der Waals surface area (Å²) >= 11 is 0. The van der Waals surface area contributed by atoms with Crippen LogP contribution in [0.3, 0.4) is 0 Å². The third kappa shape index (κ3) is 8.22. The van der Waals surface area contributed by atoms with Gasteiger partial charge in [-0.1, -0.05) is 12.1 Å². The number of guanidine groups is 1. The third-order valence-electron chi connectivity index (χ3n) is 3.33. The fourth-order valence-electron chi connectivity index (χ4n) is 2.08. The molecule has 25 heavy (non-hydrogen) atoms. The van der Waals surface area contributed by atoms with Crippen LogP contribution in [0.1, 0.15) is 18.1 Å². The molecule has 0 unspecified atom stereocenters. The van der Waals surface area contributed by atoms with Gasteiger partial charge in [0.15, 0.2) is 5.96 Å². The molecule has 0 atom stereocenters. The lowest BCUT2D eigenvalue weighted by molar-refractivity contribution is -0.137. The first-order chi connectivity index (χ1) is 11.9. The highest BCUT2D eigenvalue weighted by Crippen LogP contribution is 2.29. The second-order valence-electron chi connectivity index (χ2n) is 5.39. The van der Waals surface area contributed by atoms with Gasteiger partial charge in [-0.15, -0.1) is 0 Å². The van der Waals surface area contributed by atoms with Gasteiger partial charge in [0.05, 0.1) is 31.9 Å². The zero-order valence-electron chi connectivity index (χ0n) is 14.9. The topological polar surface area (TPSA) is 46.1 Å². The number of hydrogen-bond acceptors (Lipinski definition) is 3. The third-order valence-corrected chi connectivity index (χ3v) is 3.33. The molecule has 0 fully saturated rings. The number of methoxy groups -OCH3 is 1. The maximum Gasteiger partial charge on any atom is 0.416 e. The highest BCUT2D eigenvalue weighted by molar-refractivity contribution is 5.79. The Morgan fingerprint density at radius 2 is 1.84 bits per heavy atom. The maximum atomic E-state index is 12.6. The largest absolute Gasteiger partial charge is 0.416 e. The molecule has 0 aliphatic carbocycles. The Morgan fingerprint density at radius 3 is 2.40 bits per heavy atom. The standard InChI is InChI=1S/C17H26F3N3O2/c1-4-21-16(22-9-10-25-12-11-24-3)23(2)13-14-5-7-15(8-6-14)17(18,19)20/h5-8H,4,9-13H2,1-3H3,(H,21,22). The first-order valence-corrected chi connectivity index (χ1v) is 8.10. The summed E-state index contributed by atoms with van der Waals surface area (Å²) in [7, 11) is 3.45. The molecule has 1 aromatic carbocycles. The number of hydrogen-bond donors (Lipinski definition) is 1. The van der Waals surface area contributed by atoms with Crippen LogP contribution >= 0.6 is 0 Å². The molecule has 0 spiro atoms. The number of rotatable bonds is 9. The van der Waals surface area contributed by atoms with E-state index in [-0.39, 0.29) is 0 Å². The van der Waals surface area contributed by atoms with Gasteiger partial charge in [-0.05, 0) is 24.6 Å². The minimum atomic E-state index is -4.32. The van der Waals surface area contributed by atoms with Crippen LogP contribution in [0, 0.1) is 0 Å². The van der Waals surface area contributed by atoms with Crippen molar-refractivity contribution in [2.24, 2.45) is 4.99 Å². The monoisotopic (exact) mass is 361 g/mol. The molecule has 8 heteroatoms. The van der Waals surface area contributed by atoms with E-state index >= 15 is 0 Å². The summed E-state index contributed by atoms with van der Waals surface area (Å²) in [5, 5.41) is 3.16. The SMILES string of the molecule is CCNC(=NCCOCCOC)N(C)Cc1ccc(C(F)(F)F)cc1. The van der Waals surface area contributed by atoms with Crippen LogP contribution in [0.4, 0.5) is 13.2 Å². The molecule has 0 bridgehead atoms. The second-order valence-corrected chi connectivity index (χ2v) is 5.39. The van der Waals surface area contributed by atoms with Gasteiger partial charge in [0.2, 0.25) is 0 Å². The van der Waals surface area contributed by atoms with Crippen molar-refractivity contribution in [3.8, 4) is 0 Å².